The summed E-state index contributed by atoms with van der Waals surface area (Å²) in [4.78, 5) is 19.8. The van der Waals surface area contributed by atoms with Gasteiger partial charge in [-0.15, -0.1) is 0 Å². The predicted octanol–water partition coefficient (Wildman–Crippen LogP) is 3.97. The fraction of sp³-hybridized carbons (Fsp3) is 0.321. The summed E-state index contributed by atoms with van der Waals surface area (Å²) in [6.45, 7) is 5.56. The Morgan fingerprint density at radius 3 is 2.58 bits per heavy atom. The molecule has 186 valence electrons. The van der Waals surface area contributed by atoms with Crippen LogP contribution in [-0.4, -0.2) is 53.9 Å². The summed E-state index contributed by atoms with van der Waals surface area (Å²) in [5.41, 5.74) is 6.50. The molecule has 1 amide bonds. The van der Waals surface area contributed by atoms with Crippen LogP contribution in [0.1, 0.15) is 23.4 Å². The second-order valence-electron chi connectivity index (χ2n) is 9.18. The van der Waals surface area contributed by atoms with Gasteiger partial charge in [0.2, 0.25) is 5.91 Å². The normalized spacial score (nSPS) is 15.3. The van der Waals surface area contributed by atoms with Crippen LogP contribution in [0.5, 0.6) is 11.5 Å². The van der Waals surface area contributed by atoms with Crippen molar-refractivity contribution < 1.29 is 14.3 Å². The first-order chi connectivity index (χ1) is 17.5. The Balaban J connectivity index is 1.41. The van der Waals surface area contributed by atoms with Gasteiger partial charge in [0.05, 0.1) is 43.4 Å². The van der Waals surface area contributed by atoms with Crippen LogP contribution in [0.2, 0.25) is 0 Å². The molecule has 3 heterocycles. The van der Waals surface area contributed by atoms with Gasteiger partial charge in [0.15, 0.2) is 17.1 Å². The first-order valence-corrected chi connectivity index (χ1v) is 12.1. The quantitative estimate of drug-likeness (QED) is 0.427. The Morgan fingerprint density at radius 2 is 1.83 bits per heavy atom. The lowest BCUT2D eigenvalue weighted by Gasteiger charge is -2.20. The van der Waals surface area contributed by atoms with Crippen molar-refractivity contribution in [1.29, 1.82) is 0 Å². The van der Waals surface area contributed by atoms with E-state index in [4.69, 9.17) is 19.6 Å². The summed E-state index contributed by atoms with van der Waals surface area (Å²) >= 11 is 0. The number of aryl methyl sites for hydroxylation is 2. The third-order valence-electron chi connectivity index (χ3n) is 6.62. The number of hydrogen-bond acceptors (Lipinski definition) is 6. The number of imidazole rings is 1. The molecule has 2 aromatic heterocycles. The van der Waals surface area contributed by atoms with Crippen LogP contribution in [-0.2, 0) is 11.2 Å². The summed E-state index contributed by atoms with van der Waals surface area (Å²) in [5, 5.41) is 8.01. The zero-order valence-electron chi connectivity index (χ0n) is 21.1. The Labute approximate surface area is 210 Å². The lowest BCUT2D eigenvalue weighted by Crippen LogP contribution is -2.38. The number of ether oxygens (including phenoxy) is 2. The Bertz CT molecular complexity index is 1400. The van der Waals surface area contributed by atoms with Gasteiger partial charge in [0.1, 0.15) is 0 Å². The minimum absolute atomic E-state index is 0.0523. The second-order valence-corrected chi connectivity index (χ2v) is 9.18. The molecule has 4 aromatic rings. The van der Waals surface area contributed by atoms with E-state index in [0.29, 0.717) is 17.9 Å². The molecule has 36 heavy (non-hydrogen) atoms. The summed E-state index contributed by atoms with van der Waals surface area (Å²) < 4.78 is 12.8. The number of benzene rings is 2. The fourth-order valence-electron chi connectivity index (χ4n) is 4.93. The number of rotatable bonds is 7. The molecule has 8 heteroatoms. The van der Waals surface area contributed by atoms with Crippen molar-refractivity contribution in [3.8, 4) is 22.8 Å². The number of carbonyl (C=O) groups excluding carboxylic acids is 1. The summed E-state index contributed by atoms with van der Waals surface area (Å²) in [6.07, 6.45) is 1.28. The topological polar surface area (TPSA) is 81.0 Å². The molecular weight excluding hydrogens is 454 g/mol. The average Bonchev–Trinajstić information content (AvgIpc) is 3.47. The minimum Gasteiger partial charge on any atom is -0.493 e. The first kappa shape index (κ1) is 23.7. The monoisotopic (exact) mass is 485 g/mol. The molecule has 0 saturated carbocycles. The average molecular weight is 486 g/mol. The zero-order valence-corrected chi connectivity index (χ0v) is 21.1. The Hall–Kier alpha value is -4.07. The van der Waals surface area contributed by atoms with E-state index in [0.717, 1.165) is 59.1 Å². The lowest BCUT2D eigenvalue weighted by molar-refractivity contribution is -0.121. The number of amides is 1. The van der Waals surface area contributed by atoms with Crippen molar-refractivity contribution in [2.45, 2.75) is 32.7 Å². The molecule has 1 unspecified atom stereocenters. The number of methoxy groups -OCH3 is 2. The van der Waals surface area contributed by atoms with Crippen LogP contribution >= 0.6 is 0 Å². The second kappa shape index (κ2) is 9.89. The van der Waals surface area contributed by atoms with E-state index in [1.807, 2.05) is 66.9 Å². The van der Waals surface area contributed by atoms with Gasteiger partial charge >= 0.3 is 0 Å². The van der Waals surface area contributed by atoms with Crippen molar-refractivity contribution in [2.24, 2.45) is 0 Å². The molecule has 0 spiro atoms. The molecule has 0 bridgehead atoms. The van der Waals surface area contributed by atoms with Gasteiger partial charge < -0.3 is 19.7 Å². The molecule has 1 fully saturated rings. The van der Waals surface area contributed by atoms with Crippen molar-refractivity contribution >= 4 is 17.2 Å². The predicted molar refractivity (Wildman–Crippen MR) is 140 cm³/mol. The Morgan fingerprint density at radius 1 is 1.06 bits per heavy atom. The van der Waals surface area contributed by atoms with Gasteiger partial charge in [-0.1, -0.05) is 30.3 Å². The lowest BCUT2D eigenvalue weighted by atomic mass is 10.1. The molecule has 1 aliphatic rings. The van der Waals surface area contributed by atoms with Crippen LogP contribution in [0.3, 0.4) is 0 Å². The van der Waals surface area contributed by atoms with E-state index in [1.54, 1.807) is 14.2 Å². The third kappa shape index (κ3) is 4.58. The molecule has 2 aromatic carbocycles. The standard InChI is InChI=1S/C28H31N5O3/c1-18-14-23(32-13-12-22(17-32)30-26(34)15-20-8-6-5-7-9-20)28-29-19(2)27(33(28)31-18)21-10-11-24(35-3)25(16-21)36-4/h5-11,14,16,22H,12-13,15,17H2,1-4H3,(H,30,34). The number of fused-ring (bicyclic) bond motifs is 1. The van der Waals surface area contributed by atoms with Gasteiger partial charge in [-0.25, -0.2) is 9.50 Å². The van der Waals surface area contributed by atoms with E-state index in [9.17, 15) is 4.79 Å². The molecule has 1 N–H and O–H groups in total. The highest BCUT2D eigenvalue weighted by atomic mass is 16.5. The maximum atomic E-state index is 12.6. The van der Waals surface area contributed by atoms with Gasteiger partial charge in [-0.05, 0) is 50.1 Å². The molecule has 5 rings (SSSR count). The van der Waals surface area contributed by atoms with E-state index >= 15 is 0 Å². The fourth-order valence-corrected chi connectivity index (χ4v) is 4.93. The van der Waals surface area contributed by atoms with E-state index in [-0.39, 0.29) is 11.9 Å². The number of aromatic nitrogens is 3. The van der Waals surface area contributed by atoms with Crippen molar-refractivity contribution in [2.75, 3.05) is 32.2 Å². The molecule has 1 aliphatic heterocycles. The number of carbonyl (C=O) groups is 1. The van der Waals surface area contributed by atoms with Crippen molar-refractivity contribution in [1.82, 2.24) is 19.9 Å². The van der Waals surface area contributed by atoms with Crippen LogP contribution in [0.15, 0.2) is 54.6 Å². The van der Waals surface area contributed by atoms with E-state index in [1.165, 1.54) is 0 Å². The van der Waals surface area contributed by atoms with Crippen LogP contribution < -0.4 is 19.7 Å². The summed E-state index contributed by atoms with van der Waals surface area (Å²) in [6, 6.07) is 17.8. The smallest absolute Gasteiger partial charge is 0.224 e. The van der Waals surface area contributed by atoms with Crippen molar-refractivity contribution in [3.63, 3.8) is 0 Å². The maximum absolute atomic E-state index is 12.6. The van der Waals surface area contributed by atoms with Gasteiger partial charge in [-0.2, -0.15) is 5.10 Å². The summed E-state index contributed by atoms with van der Waals surface area (Å²) in [5.74, 6) is 1.39. The summed E-state index contributed by atoms with van der Waals surface area (Å²) in [7, 11) is 3.26. The maximum Gasteiger partial charge on any atom is 0.224 e. The highest BCUT2D eigenvalue weighted by Crippen LogP contribution is 2.35. The molecule has 1 saturated heterocycles. The largest absolute Gasteiger partial charge is 0.493 e. The SMILES string of the molecule is COc1ccc(-c2c(C)nc3c(N4CCC(NC(=O)Cc5ccccc5)C4)cc(C)nn23)cc1OC. The number of nitrogens with zero attached hydrogens (tertiary/aromatic N) is 4. The molecule has 0 aliphatic carbocycles. The Kier molecular flexibility index (Phi) is 6.50. The highest BCUT2D eigenvalue weighted by Gasteiger charge is 2.27. The number of anilines is 1. The van der Waals surface area contributed by atoms with E-state index in [2.05, 4.69) is 16.3 Å². The van der Waals surface area contributed by atoms with Crippen molar-refractivity contribution in [3.05, 3.63) is 71.5 Å². The van der Waals surface area contributed by atoms with Gasteiger partial charge in [-0.3, -0.25) is 4.79 Å². The molecule has 0 radical (unpaired) electrons. The van der Waals surface area contributed by atoms with Gasteiger partial charge in [0, 0.05) is 24.7 Å². The number of nitrogens with one attached hydrogen (secondary N) is 1. The van der Waals surface area contributed by atoms with Gasteiger partial charge in [0.25, 0.3) is 0 Å². The van der Waals surface area contributed by atoms with Crippen LogP contribution in [0.25, 0.3) is 16.9 Å². The minimum atomic E-state index is 0.0523. The van der Waals surface area contributed by atoms with Crippen LogP contribution in [0.4, 0.5) is 5.69 Å². The third-order valence-corrected chi connectivity index (χ3v) is 6.62. The van der Waals surface area contributed by atoms with Crippen LogP contribution in [0, 0.1) is 13.8 Å². The molecule has 8 nitrogen and oxygen atoms in total. The highest BCUT2D eigenvalue weighted by molar-refractivity contribution is 5.80. The molecule has 1 atom stereocenters. The number of hydrogen-bond donors (Lipinski definition) is 1. The molecular formula is C28H31N5O3. The zero-order chi connectivity index (χ0) is 25.2. The first-order valence-electron chi connectivity index (χ1n) is 12.1. The van der Waals surface area contributed by atoms with E-state index < -0.39 is 0 Å².